The van der Waals surface area contributed by atoms with Crippen molar-refractivity contribution in [2.24, 2.45) is 0 Å². The summed E-state index contributed by atoms with van der Waals surface area (Å²) < 4.78 is 30.6. The van der Waals surface area contributed by atoms with Crippen LogP contribution in [0.2, 0.25) is 0 Å². The highest BCUT2D eigenvalue weighted by Gasteiger charge is 2.31. The normalized spacial score (nSPS) is 19.9. The van der Waals surface area contributed by atoms with Crippen LogP contribution in [-0.4, -0.2) is 11.9 Å². The molecule has 4 heteroatoms. The largest absolute Gasteiger partial charge is 0.479 e. The summed E-state index contributed by atoms with van der Waals surface area (Å²) in [6, 6.07) is 1.69. The number of benzene rings is 1. The smallest absolute Gasteiger partial charge is 0.206 e. The summed E-state index contributed by atoms with van der Waals surface area (Å²) >= 11 is 0. The standard InChI is InChI=1S/C9H6F2O2/c1-4-8(12)6-2-5(10)3-7(11)9(6)13-4/h2-4H,1H3. The third-order valence-electron chi connectivity index (χ3n) is 1.94. The summed E-state index contributed by atoms with van der Waals surface area (Å²) in [6.07, 6.45) is -0.716. The highest BCUT2D eigenvalue weighted by molar-refractivity contribution is 6.04. The van der Waals surface area contributed by atoms with Crippen molar-refractivity contribution in [3.05, 3.63) is 29.3 Å². The average molecular weight is 184 g/mol. The van der Waals surface area contributed by atoms with E-state index in [1.807, 2.05) is 0 Å². The molecule has 1 aliphatic heterocycles. The lowest BCUT2D eigenvalue weighted by atomic mass is 10.1. The quantitative estimate of drug-likeness (QED) is 0.615. The molecule has 0 saturated carbocycles. The zero-order valence-electron chi connectivity index (χ0n) is 6.80. The van der Waals surface area contributed by atoms with Crippen molar-refractivity contribution in [1.82, 2.24) is 0 Å². The summed E-state index contributed by atoms with van der Waals surface area (Å²) in [5.74, 6) is -2.11. The summed E-state index contributed by atoms with van der Waals surface area (Å²) in [6.45, 7) is 1.50. The van der Waals surface area contributed by atoms with Crippen LogP contribution in [0.5, 0.6) is 5.75 Å². The third-order valence-corrected chi connectivity index (χ3v) is 1.94. The Morgan fingerprint density at radius 3 is 2.77 bits per heavy atom. The zero-order valence-corrected chi connectivity index (χ0v) is 6.80. The molecule has 1 aliphatic rings. The van der Waals surface area contributed by atoms with Crippen LogP contribution in [0.4, 0.5) is 8.78 Å². The van der Waals surface area contributed by atoms with Gasteiger partial charge in [-0.25, -0.2) is 8.78 Å². The van der Waals surface area contributed by atoms with Crippen LogP contribution in [-0.2, 0) is 0 Å². The minimum absolute atomic E-state index is 0.00926. The fraction of sp³-hybridized carbons (Fsp3) is 0.222. The van der Waals surface area contributed by atoms with Gasteiger partial charge in [-0.15, -0.1) is 0 Å². The zero-order chi connectivity index (χ0) is 9.59. The monoisotopic (exact) mass is 184 g/mol. The van der Waals surface area contributed by atoms with Gasteiger partial charge in [0.1, 0.15) is 5.82 Å². The summed E-state index contributed by atoms with van der Waals surface area (Å²) in [5.41, 5.74) is -0.00926. The first-order valence-corrected chi connectivity index (χ1v) is 3.79. The maximum Gasteiger partial charge on any atom is 0.206 e. The van der Waals surface area contributed by atoms with Gasteiger partial charge < -0.3 is 4.74 Å². The molecule has 0 radical (unpaired) electrons. The molecule has 0 amide bonds. The van der Waals surface area contributed by atoms with Gasteiger partial charge in [0.2, 0.25) is 5.78 Å². The van der Waals surface area contributed by atoms with Gasteiger partial charge in [-0.05, 0) is 13.0 Å². The first kappa shape index (κ1) is 8.16. The molecular formula is C9H6F2O2. The Labute approximate surface area is 73.1 Å². The van der Waals surface area contributed by atoms with Crippen molar-refractivity contribution < 1.29 is 18.3 Å². The second-order valence-electron chi connectivity index (χ2n) is 2.89. The van der Waals surface area contributed by atoms with Crippen LogP contribution in [0, 0.1) is 11.6 Å². The minimum atomic E-state index is -0.826. The molecule has 2 nitrogen and oxygen atoms in total. The molecule has 0 spiro atoms. The van der Waals surface area contributed by atoms with E-state index < -0.39 is 17.7 Å². The first-order chi connectivity index (χ1) is 6.09. The molecule has 0 bridgehead atoms. The maximum absolute atomic E-state index is 13.0. The van der Waals surface area contributed by atoms with Gasteiger partial charge in [-0.2, -0.15) is 0 Å². The number of hydrogen-bond acceptors (Lipinski definition) is 2. The first-order valence-electron chi connectivity index (χ1n) is 3.79. The molecule has 0 N–H and O–H groups in total. The number of ketones is 1. The Bertz CT molecular complexity index is 387. The summed E-state index contributed by atoms with van der Waals surface area (Å²) in [4.78, 5) is 11.2. The van der Waals surface area contributed by atoms with E-state index in [1.165, 1.54) is 6.92 Å². The van der Waals surface area contributed by atoms with E-state index in [1.54, 1.807) is 0 Å². The Balaban J connectivity index is 2.64. The van der Waals surface area contributed by atoms with Crippen molar-refractivity contribution >= 4 is 5.78 Å². The van der Waals surface area contributed by atoms with Crippen LogP contribution in [0.3, 0.4) is 0 Å². The average Bonchev–Trinajstić information content (AvgIpc) is 2.32. The highest BCUT2D eigenvalue weighted by Crippen LogP contribution is 2.32. The van der Waals surface area contributed by atoms with Crippen LogP contribution in [0.25, 0.3) is 0 Å². The SMILES string of the molecule is CC1Oc2c(F)cc(F)cc2C1=O. The molecule has 2 rings (SSSR count). The van der Waals surface area contributed by atoms with Crippen LogP contribution in [0.1, 0.15) is 17.3 Å². The van der Waals surface area contributed by atoms with Gasteiger partial charge >= 0.3 is 0 Å². The number of carbonyl (C=O) groups is 1. The lowest BCUT2D eigenvalue weighted by Crippen LogP contribution is -2.14. The van der Waals surface area contributed by atoms with E-state index >= 15 is 0 Å². The van der Waals surface area contributed by atoms with Crippen molar-refractivity contribution in [2.45, 2.75) is 13.0 Å². The molecule has 1 atom stereocenters. The van der Waals surface area contributed by atoms with Crippen LogP contribution in [0.15, 0.2) is 12.1 Å². The number of ether oxygens (including phenoxy) is 1. The molecule has 0 aromatic heterocycles. The van der Waals surface area contributed by atoms with Crippen molar-refractivity contribution in [3.63, 3.8) is 0 Å². The number of carbonyl (C=O) groups excluding carboxylic acids is 1. The Morgan fingerprint density at radius 2 is 2.08 bits per heavy atom. The topological polar surface area (TPSA) is 26.3 Å². The van der Waals surface area contributed by atoms with Gasteiger partial charge in [0.05, 0.1) is 5.56 Å². The van der Waals surface area contributed by atoms with E-state index in [-0.39, 0.29) is 17.1 Å². The van der Waals surface area contributed by atoms with E-state index in [4.69, 9.17) is 4.74 Å². The number of fused-ring (bicyclic) bond motifs is 1. The number of rotatable bonds is 0. The molecule has 68 valence electrons. The lowest BCUT2D eigenvalue weighted by Gasteiger charge is -2.01. The molecule has 1 unspecified atom stereocenters. The van der Waals surface area contributed by atoms with Crippen molar-refractivity contribution in [3.8, 4) is 5.75 Å². The minimum Gasteiger partial charge on any atom is -0.479 e. The highest BCUT2D eigenvalue weighted by atomic mass is 19.1. The van der Waals surface area contributed by atoms with Gasteiger partial charge in [-0.1, -0.05) is 0 Å². The van der Waals surface area contributed by atoms with Crippen LogP contribution < -0.4 is 4.74 Å². The Hall–Kier alpha value is -1.45. The van der Waals surface area contributed by atoms with Crippen molar-refractivity contribution in [1.29, 1.82) is 0 Å². The Kier molecular flexibility index (Phi) is 1.58. The number of halogens is 2. The fourth-order valence-electron chi connectivity index (χ4n) is 1.31. The van der Waals surface area contributed by atoms with Crippen LogP contribution >= 0.6 is 0 Å². The van der Waals surface area contributed by atoms with Gasteiger partial charge in [0, 0.05) is 6.07 Å². The molecule has 0 saturated heterocycles. The molecular weight excluding hydrogens is 178 g/mol. The molecule has 0 aliphatic carbocycles. The summed E-state index contributed by atoms with van der Waals surface area (Å²) in [7, 11) is 0. The summed E-state index contributed by atoms with van der Waals surface area (Å²) in [5, 5.41) is 0. The fourth-order valence-corrected chi connectivity index (χ4v) is 1.31. The van der Waals surface area contributed by atoms with Gasteiger partial charge in [-0.3, -0.25) is 4.79 Å². The van der Waals surface area contributed by atoms with Crippen molar-refractivity contribution in [2.75, 3.05) is 0 Å². The molecule has 0 fully saturated rings. The number of hydrogen-bond donors (Lipinski definition) is 0. The predicted octanol–water partition coefficient (Wildman–Crippen LogP) is 1.93. The second-order valence-corrected chi connectivity index (χ2v) is 2.89. The molecule has 13 heavy (non-hydrogen) atoms. The Morgan fingerprint density at radius 1 is 1.38 bits per heavy atom. The van der Waals surface area contributed by atoms with Gasteiger partial charge in [0.15, 0.2) is 17.7 Å². The van der Waals surface area contributed by atoms with E-state index in [2.05, 4.69) is 0 Å². The van der Waals surface area contributed by atoms with E-state index in [0.29, 0.717) is 6.07 Å². The lowest BCUT2D eigenvalue weighted by molar-refractivity contribution is 0.0876. The third kappa shape index (κ3) is 1.09. The van der Waals surface area contributed by atoms with E-state index in [0.717, 1.165) is 6.07 Å². The number of Topliss-reactive ketones (excluding diaryl/α,β-unsaturated/α-hetero) is 1. The van der Waals surface area contributed by atoms with E-state index in [9.17, 15) is 13.6 Å². The maximum atomic E-state index is 13.0. The molecule has 1 aromatic rings. The predicted molar refractivity (Wildman–Crippen MR) is 40.8 cm³/mol. The van der Waals surface area contributed by atoms with Gasteiger partial charge in [0.25, 0.3) is 0 Å². The second kappa shape index (κ2) is 2.52. The molecule has 1 heterocycles. The molecule has 1 aromatic carbocycles.